The molecule has 1 aliphatic rings. The van der Waals surface area contributed by atoms with Gasteiger partial charge >= 0.3 is 0 Å². The molecule has 0 spiro atoms. The zero-order valence-electron chi connectivity index (χ0n) is 13.9. The quantitative estimate of drug-likeness (QED) is 0.839. The molecule has 2 heterocycles. The third-order valence-electron chi connectivity index (χ3n) is 4.28. The number of nitrogens with zero attached hydrogens (tertiary/aromatic N) is 3. The van der Waals surface area contributed by atoms with E-state index in [1.165, 1.54) is 0 Å². The normalized spacial score (nSPS) is 18.6. The molecule has 1 saturated heterocycles. The maximum atomic E-state index is 5.58. The van der Waals surface area contributed by atoms with Crippen LogP contribution in [0.1, 0.15) is 52.4 Å². The van der Waals surface area contributed by atoms with Gasteiger partial charge in [-0.05, 0) is 44.6 Å². The van der Waals surface area contributed by atoms with Crippen LogP contribution in [0.15, 0.2) is 6.33 Å². The summed E-state index contributed by atoms with van der Waals surface area (Å²) < 4.78 is 7.63. The van der Waals surface area contributed by atoms with Crippen LogP contribution in [0.25, 0.3) is 0 Å². The largest absolute Gasteiger partial charge is 0.381 e. The van der Waals surface area contributed by atoms with Gasteiger partial charge in [0.25, 0.3) is 0 Å². The Labute approximate surface area is 128 Å². The Morgan fingerprint density at radius 2 is 2.00 bits per heavy atom. The SMILES string of the molecule is CC(C)CNCC1(Cc2ncnn2C(C)C)CCOCC1. The van der Waals surface area contributed by atoms with Crippen molar-refractivity contribution in [1.29, 1.82) is 0 Å². The zero-order chi connectivity index (χ0) is 15.3. The first kappa shape index (κ1) is 16.4. The summed E-state index contributed by atoms with van der Waals surface area (Å²) in [5, 5.41) is 8.02. The summed E-state index contributed by atoms with van der Waals surface area (Å²) in [6, 6.07) is 0.364. The van der Waals surface area contributed by atoms with Gasteiger partial charge in [0, 0.05) is 32.2 Å². The number of ether oxygens (including phenoxy) is 1. The van der Waals surface area contributed by atoms with Crippen LogP contribution in [0.4, 0.5) is 0 Å². The third kappa shape index (κ3) is 4.51. The Morgan fingerprint density at radius 1 is 1.29 bits per heavy atom. The van der Waals surface area contributed by atoms with Gasteiger partial charge in [-0.15, -0.1) is 0 Å². The van der Waals surface area contributed by atoms with Crippen molar-refractivity contribution < 1.29 is 4.74 Å². The van der Waals surface area contributed by atoms with E-state index in [1.807, 2.05) is 0 Å². The molecular weight excluding hydrogens is 264 g/mol. The van der Waals surface area contributed by atoms with Crippen molar-refractivity contribution in [3.8, 4) is 0 Å². The predicted octanol–water partition coefficient (Wildman–Crippen LogP) is 2.44. The average molecular weight is 294 g/mol. The summed E-state index contributed by atoms with van der Waals surface area (Å²) in [6.07, 6.45) is 4.87. The summed E-state index contributed by atoms with van der Waals surface area (Å²) in [5.74, 6) is 1.79. The molecule has 0 radical (unpaired) electrons. The zero-order valence-corrected chi connectivity index (χ0v) is 13.9. The van der Waals surface area contributed by atoms with E-state index >= 15 is 0 Å². The number of aromatic nitrogens is 3. The van der Waals surface area contributed by atoms with Crippen LogP contribution in [-0.4, -0.2) is 41.1 Å². The van der Waals surface area contributed by atoms with E-state index in [1.54, 1.807) is 6.33 Å². The fraction of sp³-hybridized carbons (Fsp3) is 0.875. The van der Waals surface area contributed by atoms with Crippen LogP contribution in [0.5, 0.6) is 0 Å². The number of nitrogens with one attached hydrogen (secondary N) is 1. The number of hydrogen-bond acceptors (Lipinski definition) is 4. The number of hydrogen-bond donors (Lipinski definition) is 1. The average Bonchev–Trinajstić information content (AvgIpc) is 2.87. The van der Waals surface area contributed by atoms with Crippen LogP contribution < -0.4 is 5.32 Å². The molecule has 0 aliphatic carbocycles. The fourth-order valence-electron chi connectivity index (χ4n) is 3.01. The highest BCUT2D eigenvalue weighted by Gasteiger charge is 2.34. The lowest BCUT2D eigenvalue weighted by Gasteiger charge is -2.37. The van der Waals surface area contributed by atoms with Gasteiger partial charge in [0.2, 0.25) is 0 Å². The van der Waals surface area contributed by atoms with E-state index in [2.05, 4.69) is 47.8 Å². The summed E-state index contributed by atoms with van der Waals surface area (Å²) in [7, 11) is 0. The minimum absolute atomic E-state index is 0.257. The van der Waals surface area contributed by atoms with Crippen molar-refractivity contribution in [2.24, 2.45) is 11.3 Å². The van der Waals surface area contributed by atoms with Crippen LogP contribution in [0.3, 0.4) is 0 Å². The van der Waals surface area contributed by atoms with Crippen molar-refractivity contribution >= 4 is 0 Å². The van der Waals surface area contributed by atoms with Gasteiger partial charge in [0.05, 0.1) is 0 Å². The predicted molar refractivity (Wildman–Crippen MR) is 84.3 cm³/mol. The van der Waals surface area contributed by atoms with E-state index in [0.29, 0.717) is 12.0 Å². The van der Waals surface area contributed by atoms with Crippen molar-refractivity contribution in [3.63, 3.8) is 0 Å². The first-order valence-corrected chi connectivity index (χ1v) is 8.19. The molecule has 5 heteroatoms. The smallest absolute Gasteiger partial charge is 0.138 e. The molecule has 2 rings (SSSR count). The minimum Gasteiger partial charge on any atom is -0.381 e. The molecule has 1 fully saturated rings. The molecule has 5 nitrogen and oxygen atoms in total. The minimum atomic E-state index is 0.257. The summed E-state index contributed by atoms with van der Waals surface area (Å²) in [5.41, 5.74) is 0.257. The molecule has 1 N–H and O–H groups in total. The van der Waals surface area contributed by atoms with Crippen molar-refractivity contribution in [1.82, 2.24) is 20.1 Å². The van der Waals surface area contributed by atoms with Crippen LogP contribution in [0, 0.1) is 11.3 Å². The third-order valence-corrected chi connectivity index (χ3v) is 4.28. The second-order valence-corrected chi connectivity index (χ2v) is 7.03. The Bertz CT molecular complexity index is 422. The highest BCUT2D eigenvalue weighted by atomic mass is 16.5. The lowest BCUT2D eigenvalue weighted by atomic mass is 9.76. The lowest BCUT2D eigenvalue weighted by Crippen LogP contribution is -2.42. The summed E-state index contributed by atoms with van der Waals surface area (Å²) >= 11 is 0. The first-order valence-electron chi connectivity index (χ1n) is 8.19. The van der Waals surface area contributed by atoms with Crippen LogP contribution in [0.2, 0.25) is 0 Å². The summed E-state index contributed by atoms with van der Waals surface area (Å²) in [4.78, 5) is 4.50. The van der Waals surface area contributed by atoms with Gasteiger partial charge in [-0.1, -0.05) is 13.8 Å². The molecule has 0 amide bonds. The Hall–Kier alpha value is -0.940. The Balaban J connectivity index is 2.06. The maximum Gasteiger partial charge on any atom is 0.138 e. The fourth-order valence-corrected chi connectivity index (χ4v) is 3.01. The standard InChI is InChI=1S/C16H30N4O/c1-13(2)10-17-11-16(5-7-21-8-6-16)9-15-18-12-19-20(15)14(3)4/h12-14,17H,5-11H2,1-4H3. The van der Waals surface area contributed by atoms with Crippen molar-refractivity contribution in [2.45, 2.75) is 53.0 Å². The van der Waals surface area contributed by atoms with Gasteiger partial charge in [0.15, 0.2) is 0 Å². The van der Waals surface area contributed by atoms with Gasteiger partial charge < -0.3 is 10.1 Å². The molecule has 0 saturated carbocycles. The maximum absolute atomic E-state index is 5.58. The Morgan fingerprint density at radius 3 is 2.62 bits per heavy atom. The van der Waals surface area contributed by atoms with Crippen molar-refractivity contribution in [2.75, 3.05) is 26.3 Å². The lowest BCUT2D eigenvalue weighted by molar-refractivity contribution is 0.0131. The second kappa shape index (κ2) is 7.36. The highest BCUT2D eigenvalue weighted by Crippen LogP contribution is 2.33. The van der Waals surface area contributed by atoms with Crippen LogP contribution >= 0.6 is 0 Å². The Kier molecular flexibility index (Phi) is 5.76. The molecule has 21 heavy (non-hydrogen) atoms. The topological polar surface area (TPSA) is 52.0 Å². The van der Waals surface area contributed by atoms with Crippen molar-refractivity contribution in [3.05, 3.63) is 12.2 Å². The monoisotopic (exact) mass is 294 g/mol. The second-order valence-electron chi connectivity index (χ2n) is 7.03. The van der Waals surface area contributed by atoms with Gasteiger partial charge in [-0.3, -0.25) is 0 Å². The molecule has 0 bridgehead atoms. The number of rotatable bonds is 7. The van der Waals surface area contributed by atoms with E-state index < -0.39 is 0 Å². The van der Waals surface area contributed by atoms with Gasteiger partial charge in [-0.2, -0.15) is 5.10 Å². The van der Waals surface area contributed by atoms with E-state index in [-0.39, 0.29) is 5.41 Å². The molecule has 1 aromatic heterocycles. The molecule has 0 aromatic carbocycles. The van der Waals surface area contributed by atoms with E-state index in [0.717, 1.165) is 51.4 Å². The van der Waals surface area contributed by atoms with Crippen LogP contribution in [-0.2, 0) is 11.2 Å². The van der Waals surface area contributed by atoms with Gasteiger partial charge in [-0.25, -0.2) is 9.67 Å². The molecule has 0 unspecified atom stereocenters. The molecule has 1 aromatic rings. The molecule has 120 valence electrons. The molecule has 0 atom stereocenters. The molecular formula is C16H30N4O. The van der Waals surface area contributed by atoms with E-state index in [9.17, 15) is 0 Å². The summed E-state index contributed by atoms with van der Waals surface area (Å²) in [6.45, 7) is 12.6. The first-order chi connectivity index (χ1) is 10.0. The molecule has 1 aliphatic heterocycles. The van der Waals surface area contributed by atoms with Gasteiger partial charge in [0.1, 0.15) is 12.2 Å². The highest BCUT2D eigenvalue weighted by molar-refractivity contribution is 4.97. The van der Waals surface area contributed by atoms with E-state index in [4.69, 9.17) is 4.74 Å².